The highest BCUT2D eigenvalue weighted by Crippen LogP contribution is 2.09. The van der Waals surface area contributed by atoms with Gasteiger partial charge >= 0.3 is 0 Å². The van der Waals surface area contributed by atoms with E-state index in [1.54, 1.807) is 24.3 Å². The van der Waals surface area contributed by atoms with Crippen LogP contribution in [0.1, 0.15) is 17.5 Å². The zero-order valence-electron chi connectivity index (χ0n) is 9.30. The van der Waals surface area contributed by atoms with Crippen molar-refractivity contribution in [3.63, 3.8) is 0 Å². The van der Waals surface area contributed by atoms with Gasteiger partial charge in [0.2, 0.25) is 0 Å². The van der Waals surface area contributed by atoms with Crippen molar-refractivity contribution in [2.24, 2.45) is 5.73 Å². The van der Waals surface area contributed by atoms with Gasteiger partial charge < -0.3 is 10.8 Å². The van der Waals surface area contributed by atoms with Crippen LogP contribution in [-0.2, 0) is 15.6 Å². The lowest BCUT2D eigenvalue weighted by Gasteiger charge is -2.04. The minimum atomic E-state index is -3.15. The molecule has 0 aliphatic rings. The fraction of sp³-hybridized carbons (Fsp3) is 0.364. The number of hydrogen-bond donors (Lipinski definition) is 2. The summed E-state index contributed by atoms with van der Waals surface area (Å²) in [5, 5.41) is 8.60. The highest BCUT2D eigenvalue weighted by molar-refractivity contribution is 7.90. The summed E-state index contributed by atoms with van der Waals surface area (Å²) in [4.78, 5) is 0.291. The number of sulfone groups is 1. The minimum Gasteiger partial charge on any atom is -0.396 e. The van der Waals surface area contributed by atoms with Crippen molar-refractivity contribution < 1.29 is 13.5 Å². The number of thiocarbonyl (C=S) groups is 1. The van der Waals surface area contributed by atoms with Crippen LogP contribution in [-0.4, -0.2) is 30.9 Å². The molecular weight excluding hydrogens is 258 g/mol. The topological polar surface area (TPSA) is 80.4 Å². The summed E-state index contributed by atoms with van der Waals surface area (Å²) in [5.41, 5.74) is 6.86. The first-order chi connectivity index (χ1) is 7.94. The summed E-state index contributed by atoms with van der Waals surface area (Å²) in [6.45, 7) is -0.111. The third-order valence-corrected chi connectivity index (χ3v) is 4.16. The van der Waals surface area contributed by atoms with Crippen LogP contribution in [0, 0.1) is 0 Å². The SMILES string of the molecule is NC(=S)c1ccc(CS(=O)(=O)CCCO)cc1. The fourth-order valence-corrected chi connectivity index (χ4v) is 2.93. The standard InChI is InChI=1S/C11H15NO3S2/c12-11(16)10-4-2-9(3-5-10)8-17(14,15)7-1-6-13/h2-5,13H,1,6-8H2,(H2,12,16). The Morgan fingerprint density at radius 3 is 2.35 bits per heavy atom. The van der Waals surface area contributed by atoms with E-state index in [-0.39, 0.29) is 24.5 Å². The molecule has 1 rings (SSSR count). The molecule has 0 heterocycles. The normalized spacial score (nSPS) is 11.4. The average molecular weight is 273 g/mol. The molecule has 0 spiro atoms. The Kier molecular flexibility index (Phi) is 5.04. The molecule has 1 aromatic carbocycles. The van der Waals surface area contributed by atoms with Crippen LogP contribution in [0.3, 0.4) is 0 Å². The lowest BCUT2D eigenvalue weighted by molar-refractivity contribution is 0.295. The average Bonchev–Trinajstić information content (AvgIpc) is 2.26. The maximum atomic E-state index is 11.6. The smallest absolute Gasteiger partial charge is 0.154 e. The predicted octanol–water partition coefficient (Wildman–Crippen LogP) is 0.618. The van der Waals surface area contributed by atoms with Crippen LogP contribution in [0.25, 0.3) is 0 Å². The molecule has 0 bridgehead atoms. The lowest BCUT2D eigenvalue weighted by atomic mass is 10.1. The van der Waals surface area contributed by atoms with Crippen molar-refractivity contribution in [1.29, 1.82) is 0 Å². The molecule has 0 aromatic heterocycles. The van der Waals surface area contributed by atoms with E-state index < -0.39 is 9.84 Å². The number of aliphatic hydroxyl groups excluding tert-OH is 1. The predicted molar refractivity (Wildman–Crippen MR) is 71.5 cm³/mol. The monoisotopic (exact) mass is 273 g/mol. The van der Waals surface area contributed by atoms with Gasteiger partial charge in [-0.2, -0.15) is 0 Å². The largest absolute Gasteiger partial charge is 0.396 e. The first kappa shape index (κ1) is 14.1. The Labute approximate surface area is 106 Å². The summed E-state index contributed by atoms with van der Waals surface area (Å²) in [7, 11) is -3.15. The first-order valence-corrected chi connectivity index (χ1v) is 7.37. The Balaban J connectivity index is 2.72. The van der Waals surface area contributed by atoms with E-state index in [9.17, 15) is 8.42 Å². The lowest BCUT2D eigenvalue weighted by Crippen LogP contribution is -2.12. The number of nitrogens with two attached hydrogens (primary N) is 1. The van der Waals surface area contributed by atoms with Gasteiger partial charge in [0, 0.05) is 12.2 Å². The van der Waals surface area contributed by atoms with E-state index in [0.717, 1.165) is 5.56 Å². The minimum absolute atomic E-state index is 0.000548. The van der Waals surface area contributed by atoms with Crippen LogP contribution >= 0.6 is 12.2 Å². The van der Waals surface area contributed by atoms with Crippen molar-refractivity contribution in [3.8, 4) is 0 Å². The third kappa shape index (κ3) is 4.80. The molecule has 6 heteroatoms. The van der Waals surface area contributed by atoms with Gasteiger partial charge in [-0.05, 0) is 12.0 Å². The van der Waals surface area contributed by atoms with Crippen LogP contribution < -0.4 is 5.73 Å². The summed E-state index contributed by atoms with van der Waals surface area (Å²) in [6, 6.07) is 6.81. The fourth-order valence-electron chi connectivity index (χ4n) is 1.38. The molecule has 1 aromatic rings. The van der Waals surface area contributed by atoms with E-state index in [2.05, 4.69) is 0 Å². The Bertz CT molecular complexity index is 480. The van der Waals surface area contributed by atoms with Gasteiger partial charge in [-0.3, -0.25) is 0 Å². The summed E-state index contributed by atoms with van der Waals surface area (Å²) >= 11 is 4.80. The van der Waals surface area contributed by atoms with Gasteiger partial charge in [0.15, 0.2) is 9.84 Å². The number of rotatable bonds is 6. The molecule has 3 N–H and O–H groups in total. The number of benzene rings is 1. The van der Waals surface area contributed by atoms with Crippen LogP contribution in [0.5, 0.6) is 0 Å². The van der Waals surface area contributed by atoms with Crippen LogP contribution in [0.15, 0.2) is 24.3 Å². The van der Waals surface area contributed by atoms with E-state index in [0.29, 0.717) is 10.6 Å². The molecule has 17 heavy (non-hydrogen) atoms. The first-order valence-electron chi connectivity index (χ1n) is 5.14. The second-order valence-corrected chi connectivity index (χ2v) is 6.35. The second kappa shape index (κ2) is 6.09. The maximum Gasteiger partial charge on any atom is 0.154 e. The van der Waals surface area contributed by atoms with E-state index in [1.165, 1.54) is 0 Å². The molecule has 0 unspecified atom stereocenters. The van der Waals surface area contributed by atoms with Crippen molar-refractivity contribution >= 4 is 27.0 Å². The zero-order chi connectivity index (χ0) is 12.9. The van der Waals surface area contributed by atoms with Crippen molar-refractivity contribution in [2.75, 3.05) is 12.4 Å². The summed E-state index contributed by atoms with van der Waals surface area (Å²) in [5.74, 6) is -0.0227. The molecule has 4 nitrogen and oxygen atoms in total. The molecule has 0 aliphatic carbocycles. The van der Waals surface area contributed by atoms with Crippen molar-refractivity contribution in [2.45, 2.75) is 12.2 Å². The molecule has 0 saturated heterocycles. The van der Waals surface area contributed by atoms with Gasteiger partial charge in [-0.25, -0.2) is 8.42 Å². The van der Waals surface area contributed by atoms with Crippen molar-refractivity contribution in [1.82, 2.24) is 0 Å². The van der Waals surface area contributed by atoms with Crippen LogP contribution in [0.2, 0.25) is 0 Å². The second-order valence-electron chi connectivity index (χ2n) is 3.73. The van der Waals surface area contributed by atoms with Crippen molar-refractivity contribution in [3.05, 3.63) is 35.4 Å². The molecular formula is C11H15NO3S2. The van der Waals surface area contributed by atoms with Gasteiger partial charge in [0.05, 0.1) is 11.5 Å². The maximum absolute atomic E-state index is 11.6. The van der Waals surface area contributed by atoms with E-state index in [1.807, 2.05) is 0 Å². The van der Waals surface area contributed by atoms with Gasteiger partial charge in [0.1, 0.15) is 4.99 Å². The molecule has 0 aliphatic heterocycles. The Hall–Kier alpha value is -0.980. The molecule has 0 fully saturated rings. The third-order valence-electron chi connectivity index (χ3n) is 2.24. The Morgan fingerprint density at radius 2 is 1.88 bits per heavy atom. The highest BCUT2D eigenvalue weighted by Gasteiger charge is 2.11. The molecule has 0 amide bonds. The van der Waals surface area contributed by atoms with Crippen LogP contribution in [0.4, 0.5) is 0 Å². The molecule has 0 radical (unpaired) electrons. The number of hydrogen-bond acceptors (Lipinski definition) is 4. The molecule has 94 valence electrons. The quantitative estimate of drug-likeness (QED) is 0.743. The molecule has 0 atom stereocenters. The number of aliphatic hydroxyl groups is 1. The van der Waals surface area contributed by atoms with Gasteiger partial charge in [-0.15, -0.1) is 0 Å². The Morgan fingerprint density at radius 1 is 1.29 bits per heavy atom. The highest BCUT2D eigenvalue weighted by atomic mass is 32.2. The van der Waals surface area contributed by atoms with Gasteiger partial charge in [0.25, 0.3) is 0 Å². The molecule has 0 saturated carbocycles. The summed E-state index contributed by atoms with van der Waals surface area (Å²) in [6.07, 6.45) is 0.271. The van der Waals surface area contributed by atoms with E-state index in [4.69, 9.17) is 23.1 Å². The van der Waals surface area contributed by atoms with E-state index >= 15 is 0 Å². The zero-order valence-corrected chi connectivity index (χ0v) is 10.9. The summed E-state index contributed by atoms with van der Waals surface area (Å²) < 4.78 is 23.2. The van der Waals surface area contributed by atoms with Gasteiger partial charge in [-0.1, -0.05) is 36.5 Å².